The second-order valence-corrected chi connectivity index (χ2v) is 5.73. The van der Waals surface area contributed by atoms with Crippen LogP contribution in [0.15, 0.2) is 24.3 Å². The summed E-state index contributed by atoms with van der Waals surface area (Å²) < 4.78 is 41.6. The molecule has 3 nitrogen and oxygen atoms in total. The zero-order chi connectivity index (χ0) is 15.6. The average molecular weight is 302 g/mol. The van der Waals surface area contributed by atoms with Gasteiger partial charge in [0.25, 0.3) is 5.92 Å². The molecule has 1 aliphatic heterocycles. The van der Waals surface area contributed by atoms with Crippen LogP contribution in [0.1, 0.15) is 25.5 Å². The second-order valence-electron chi connectivity index (χ2n) is 5.73. The van der Waals surface area contributed by atoms with Gasteiger partial charge < -0.3 is 10.4 Å². The third-order valence-electron chi connectivity index (χ3n) is 3.94. The summed E-state index contributed by atoms with van der Waals surface area (Å²) in [4.78, 5) is 1.69. The highest BCUT2D eigenvalue weighted by Gasteiger charge is 2.46. The molecule has 0 saturated carbocycles. The predicted molar refractivity (Wildman–Crippen MR) is 74.8 cm³/mol. The number of hydrogen-bond acceptors (Lipinski definition) is 3. The fourth-order valence-electron chi connectivity index (χ4n) is 2.82. The van der Waals surface area contributed by atoms with Gasteiger partial charge in [0.2, 0.25) is 0 Å². The van der Waals surface area contributed by atoms with Crippen LogP contribution in [0.5, 0.6) is 0 Å². The van der Waals surface area contributed by atoms with Gasteiger partial charge in [-0.2, -0.15) is 0 Å². The van der Waals surface area contributed by atoms with Crippen molar-refractivity contribution in [3.63, 3.8) is 0 Å². The molecule has 3 atom stereocenters. The highest BCUT2D eigenvalue weighted by atomic mass is 19.3. The summed E-state index contributed by atoms with van der Waals surface area (Å²) in [5.41, 5.74) is 0.316. The molecule has 118 valence electrons. The Kier molecular flexibility index (Phi) is 4.91. The highest BCUT2D eigenvalue weighted by molar-refractivity contribution is 5.23. The van der Waals surface area contributed by atoms with E-state index in [4.69, 9.17) is 5.11 Å². The van der Waals surface area contributed by atoms with Gasteiger partial charge in [-0.1, -0.05) is 12.1 Å². The topological polar surface area (TPSA) is 35.5 Å². The van der Waals surface area contributed by atoms with E-state index in [0.717, 1.165) is 0 Å². The molecule has 1 saturated heterocycles. The van der Waals surface area contributed by atoms with E-state index in [1.54, 1.807) is 4.90 Å². The monoisotopic (exact) mass is 302 g/mol. The lowest BCUT2D eigenvalue weighted by molar-refractivity contribution is -0.129. The van der Waals surface area contributed by atoms with Crippen LogP contribution in [0.4, 0.5) is 13.2 Å². The Morgan fingerprint density at radius 1 is 1.33 bits per heavy atom. The number of nitrogens with zero attached hydrogens (tertiary/aromatic N) is 1. The third kappa shape index (κ3) is 3.56. The smallest absolute Gasteiger partial charge is 0.289 e. The summed E-state index contributed by atoms with van der Waals surface area (Å²) in [6, 6.07) is 3.79. The van der Waals surface area contributed by atoms with Gasteiger partial charge in [-0.3, -0.25) is 4.90 Å². The number of halogens is 3. The van der Waals surface area contributed by atoms with Crippen molar-refractivity contribution in [1.29, 1.82) is 0 Å². The van der Waals surface area contributed by atoms with Crippen LogP contribution in [-0.4, -0.2) is 47.7 Å². The van der Waals surface area contributed by atoms with Crippen molar-refractivity contribution in [3.05, 3.63) is 35.6 Å². The molecule has 1 aromatic rings. The Balaban J connectivity index is 2.38. The number of alkyl halides is 2. The zero-order valence-corrected chi connectivity index (χ0v) is 12.2. The molecule has 2 N–H and O–H groups in total. The van der Waals surface area contributed by atoms with E-state index in [0.29, 0.717) is 18.7 Å². The van der Waals surface area contributed by atoms with Crippen molar-refractivity contribution < 1.29 is 18.3 Å². The summed E-state index contributed by atoms with van der Waals surface area (Å²) in [5, 5.41) is 12.3. The first-order chi connectivity index (χ1) is 9.85. The molecule has 0 aliphatic carbocycles. The lowest BCUT2D eigenvalue weighted by atomic mass is 9.95. The molecule has 0 spiro atoms. The first-order valence-corrected chi connectivity index (χ1v) is 7.08. The summed E-state index contributed by atoms with van der Waals surface area (Å²) in [7, 11) is 0. The van der Waals surface area contributed by atoms with Crippen LogP contribution >= 0.6 is 0 Å². The van der Waals surface area contributed by atoms with Crippen LogP contribution in [0.2, 0.25) is 0 Å². The molecular formula is C15H21F3N2O. The number of piperazine rings is 1. The predicted octanol–water partition coefficient (Wildman–Crippen LogP) is 2.18. The maximum Gasteiger partial charge on any atom is 0.289 e. The standard InChI is InChI=1S/C15H21F3N2O/c1-10-8-20(11(2)7-19-10)14(15(17,18)9-21)12-3-5-13(16)6-4-12/h3-6,10-11,14,19,21H,7-9H2,1-2H3/t10-,11+,14?/m0/s1. The van der Waals surface area contributed by atoms with Crippen LogP contribution in [0.25, 0.3) is 0 Å². The number of rotatable bonds is 4. The van der Waals surface area contributed by atoms with Crippen LogP contribution < -0.4 is 5.32 Å². The molecule has 0 radical (unpaired) electrons. The van der Waals surface area contributed by atoms with E-state index in [1.165, 1.54) is 24.3 Å². The summed E-state index contributed by atoms with van der Waals surface area (Å²) in [6.07, 6.45) is 0. The van der Waals surface area contributed by atoms with Crippen molar-refractivity contribution in [2.75, 3.05) is 19.7 Å². The van der Waals surface area contributed by atoms with E-state index >= 15 is 0 Å². The number of nitrogens with one attached hydrogen (secondary N) is 1. The van der Waals surface area contributed by atoms with Crippen molar-refractivity contribution >= 4 is 0 Å². The molecule has 1 fully saturated rings. The van der Waals surface area contributed by atoms with Gasteiger partial charge in [0.05, 0.1) is 0 Å². The van der Waals surface area contributed by atoms with Gasteiger partial charge in [0, 0.05) is 25.2 Å². The molecule has 0 aromatic heterocycles. The van der Waals surface area contributed by atoms with Gasteiger partial charge >= 0.3 is 0 Å². The normalized spacial score (nSPS) is 25.8. The van der Waals surface area contributed by atoms with Crippen LogP contribution in [-0.2, 0) is 0 Å². The largest absolute Gasteiger partial charge is 0.390 e. The molecule has 1 aromatic carbocycles. The fourth-order valence-corrected chi connectivity index (χ4v) is 2.82. The Bertz CT molecular complexity index is 466. The Labute approximate surface area is 122 Å². The lowest BCUT2D eigenvalue weighted by Crippen LogP contribution is -2.58. The summed E-state index contributed by atoms with van der Waals surface area (Å²) >= 11 is 0. The number of aliphatic hydroxyl groups is 1. The van der Waals surface area contributed by atoms with E-state index < -0.39 is 24.4 Å². The third-order valence-corrected chi connectivity index (χ3v) is 3.94. The Morgan fingerprint density at radius 2 is 1.95 bits per heavy atom. The minimum atomic E-state index is -3.29. The average Bonchev–Trinajstić information content (AvgIpc) is 2.45. The minimum absolute atomic E-state index is 0.0821. The molecule has 0 bridgehead atoms. The first kappa shape index (κ1) is 16.3. The van der Waals surface area contributed by atoms with Gasteiger partial charge in [-0.25, -0.2) is 13.2 Å². The molecule has 1 aliphatic rings. The molecule has 1 unspecified atom stereocenters. The molecule has 1 heterocycles. The number of hydrogen-bond donors (Lipinski definition) is 2. The molecule has 6 heteroatoms. The van der Waals surface area contributed by atoms with Crippen molar-refractivity contribution in [3.8, 4) is 0 Å². The second kappa shape index (κ2) is 6.34. The first-order valence-electron chi connectivity index (χ1n) is 7.08. The van der Waals surface area contributed by atoms with E-state index in [-0.39, 0.29) is 12.1 Å². The zero-order valence-electron chi connectivity index (χ0n) is 12.2. The number of benzene rings is 1. The van der Waals surface area contributed by atoms with Gasteiger partial charge in [-0.05, 0) is 31.5 Å². The summed E-state index contributed by atoms with van der Waals surface area (Å²) in [6.45, 7) is 3.60. The molecule has 0 amide bonds. The fraction of sp³-hybridized carbons (Fsp3) is 0.600. The van der Waals surface area contributed by atoms with Gasteiger partial charge in [0.15, 0.2) is 0 Å². The maximum atomic E-state index is 14.3. The SMILES string of the molecule is C[C@@H]1CN[C@@H](C)CN1C(c1ccc(F)cc1)C(F)(F)CO. The molecule has 21 heavy (non-hydrogen) atoms. The quantitative estimate of drug-likeness (QED) is 0.895. The van der Waals surface area contributed by atoms with E-state index in [2.05, 4.69) is 5.32 Å². The molecule has 2 rings (SSSR count). The van der Waals surface area contributed by atoms with Crippen molar-refractivity contribution in [2.24, 2.45) is 0 Å². The minimum Gasteiger partial charge on any atom is -0.390 e. The lowest BCUT2D eigenvalue weighted by Gasteiger charge is -2.44. The van der Waals surface area contributed by atoms with Crippen molar-refractivity contribution in [1.82, 2.24) is 10.2 Å². The van der Waals surface area contributed by atoms with Crippen LogP contribution in [0, 0.1) is 5.82 Å². The van der Waals surface area contributed by atoms with E-state index in [9.17, 15) is 13.2 Å². The number of aliphatic hydroxyl groups excluding tert-OH is 1. The highest BCUT2D eigenvalue weighted by Crippen LogP contribution is 2.38. The van der Waals surface area contributed by atoms with Crippen LogP contribution in [0.3, 0.4) is 0 Å². The van der Waals surface area contributed by atoms with Gasteiger partial charge in [-0.15, -0.1) is 0 Å². The Hall–Kier alpha value is -1.11. The Morgan fingerprint density at radius 3 is 2.52 bits per heavy atom. The van der Waals surface area contributed by atoms with Crippen molar-refractivity contribution in [2.45, 2.75) is 37.9 Å². The molecular weight excluding hydrogens is 281 g/mol. The maximum absolute atomic E-state index is 14.3. The van der Waals surface area contributed by atoms with Gasteiger partial charge in [0.1, 0.15) is 18.5 Å². The summed E-state index contributed by atoms with van der Waals surface area (Å²) in [5.74, 6) is -3.75. The van der Waals surface area contributed by atoms with E-state index in [1.807, 2.05) is 13.8 Å².